The van der Waals surface area contributed by atoms with Gasteiger partial charge in [0.05, 0.1) is 18.8 Å². The zero-order chi connectivity index (χ0) is 12.1. The number of halogens is 2. The minimum atomic E-state index is -0.0343. The summed E-state index contributed by atoms with van der Waals surface area (Å²) in [5.74, 6) is 5.53. The minimum Gasteiger partial charge on any atom is -0.377 e. The second-order valence-electron chi connectivity index (χ2n) is 3.77. The van der Waals surface area contributed by atoms with Crippen LogP contribution in [0.15, 0.2) is 18.2 Å². The van der Waals surface area contributed by atoms with Gasteiger partial charge in [0.2, 0.25) is 0 Å². The summed E-state index contributed by atoms with van der Waals surface area (Å²) < 4.78 is 6.68. The summed E-state index contributed by atoms with van der Waals surface area (Å²) in [7, 11) is 0. The van der Waals surface area contributed by atoms with E-state index in [0.717, 1.165) is 9.13 Å². The zero-order valence-electron chi connectivity index (χ0n) is 9.34. The van der Waals surface area contributed by atoms with E-state index in [2.05, 4.69) is 28.0 Å². The lowest BCUT2D eigenvalue weighted by Gasteiger charge is -2.19. The van der Waals surface area contributed by atoms with Crippen LogP contribution >= 0.6 is 34.2 Å². The third kappa shape index (κ3) is 4.18. The maximum atomic E-state index is 5.97. The molecular formula is C11H16ClIN2O. The molecule has 0 bridgehead atoms. The Morgan fingerprint density at radius 1 is 1.50 bits per heavy atom. The van der Waals surface area contributed by atoms with Crippen molar-refractivity contribution in [1.29, 1.82) is 0 Å². The molecule has 0 saturated carbocycles. The van der Waals surface area contributed by atoms with Gasteiger partial charge in [-0.3, -0.25) is 11.3 Å². The summed E-state index contributed by atoms with van der Waals surface area (Å²) in [5, 5.41) is 0.709. The standard InChI is InChI=1S/C11H16ClIN2O/c1-7(2)16-6-11(15-14)9-5-8(12)3-4-10(9)13/h3-5,7,11,15H,6,14H2,1-2H3. The summed E-state index contributed by atoms with van der Waals surface area (Å²) in [6.45, 7) is 4.53. The number of rotatable bonds is 5. The second-order valence-corrected chi connectivity index (χ2v) is 5.37. The van der Waals surface area contributed by atoms with Crippen LogP contribution in [0.5, 0.6) is 0 Å². The van der Waals surface area contributed by atoms with Gasteiger partial charge in [0, 0.05) is 8.59 Å². The number of hydrogen-bond acceptors (Lipinski definition) is 3. The van der Waals surface area contributed by atoms with E-state index < -0.39 is 0 Å². The average Bonchev–Trinajstić information content (AvgIpc) is 2.23. The Kier molecular flexibility index (Phi) is 5.99. The maximum absolute atomic E-state index is 5.97. The van der Waals surface area contributed by atoms with Crippen molar-refractivity contribution in [2.45, 2.75) is 26.0 Å². The fourth-order valence-corrected chi connectivity index (χ4v) is 2.19. The van der Waals surface area contributed by atoms with Gasteiger partial charge in [-0.25, -0.2) is 0 Å². The Bertz CT molecular complexity index is 347. The van der Waals surface area contributed by atoms with Gasteiger partial charge in [-0.15, -0.1) is 0 Å². The molecule has 3 N–H and O–H groups in total. The van der Waals surface area contributed by atoms with Gasteiger partial charge in [-0.1, -0.05) is 11.6 Å². The fourth-order valence-electron chi connectivity index (χ4n) is 1.30. The first-order chi connectivity index (χ1) is 7.54. The van der Waals surface area contributed by atoms with Gasteiger partial charge in [0.1, 0.15) is 0 Å². The number of nitrogens with two attached hydrogens (primary N) is 1. The fraction of sp³-hybridized carbons (Fsp3) is 0.455. The van der Waals surface area contributed by atoms with E-state index >= 15 is 0 Å². The molecule has 0 aliphatic heterocycles. The molecule has 0 amide bonds. The molecule has 90 valence electrons. The third-order valence-electron chi connectivity index (χ3n) is 2.13. The van der Waals surface area contributed by atoms with E-state index in [1.54, 1.807) is 0 Å². The molecular weight excluding hydrogens is 338 g/mol. The van der Waals surface area contributed by atoms with Crippen LogP contribution < -0.4 is 11.3 Å². The largest absolute Gasteiger partial charge is 0.377 e. The monoisotopic (exact) mass is 354 g/mol. The molecule has 0 aliphatic rings. The number of hydrazine groups is 1. The molecule has 0 saturated heterocycles. The molecule has 0 radical (unpaired) electrons. The van der Waals surface area contributed by atoms with Crippen molar-refractivity contribution in [1.82, 2.24) is 5.43 Å². The minimum absolute atomic E-state index is 0.0343. The number of ether oxygens (including phenoxy) is 1. The first-order valence-corrected chi connectivity index (χ1v) is 6.53. The van der Waals surface area contributed by atoms with Crippen LogP contribution in [0.1, 0.15) is 25.5 Å². The Morgan fingerprint density at radius 2 is 2.19 bits per heavy atom. The molecule has 0 aliphatic carbocycles. The molecule has 0 fully saturated rings. The van der Waals surface area contributed by atoms with Gasteiger partial charge >= 0.3 is 0 Å². The van der Waals surface area contributed by atoms with E-state index in [-0.39, 0.29) is 12.1 Å². The summed E-state index contributed by atoms with van der Waals surface area (Å²) >= 11 is 8.23. The molecule has 5 heteroatoms. The molecule has 3 nitrogen and oxygen atoms in total. The number of nitrogens with one attached hydrogen (secondary N) is 1. The lowest BCUT2D eigenvalue weighted by Crippen LogP contribution is -2.32. The Labute approximate surface area is 115 Å². The predicted octanol–water partition coefficient (Wildman–Crippen LogP) is 2.87. The van der Waals surface area contributed by atoms with Crippen LogP contribution in [0.25, 0.3) is 0 Å². The summed E-state index contributed by atoms with van der Waals surface area (Å²) in [6.07, 6.45) is 0.188. The van der Waals surface area contributed by atoms with Crippen molar-refractivity contribution in [3.63, 3.8) is 0 Å². The van der Waals surface area contributed by atoms with Gasteiger partial charge in [-0.05, 0) is 60.2 Å². The van der Waals surface area contributed by atoms with Crippen molar-refractivity contribution in [2.75, 3.05) is 6.61 Å². The molecule has 16 heavy (non-hydrogen) atoms. The van der Waals surface area contributed by atoms with E-state index in [1.165, 1.54) is 0 Å². The number of benzene rings is 1. The van der Waals surface area contributed by atoms with Gasteiger partial charge < -0.3 is 4.74 Å². The summed E-state index contributed by atoms with van der Waals surface area (Å²) in [6, 6.07) is 5.71. The predicted molar refractivity (Wildman–Crippen MR) is 75.3 cm³/mol. The summed E-state index contributed by atoms with van der Waals surface area (Å²) in [5.41, 5.74) is 3.82. The van der Waals surface area contributed by atoms with E-state index in [0.29, 0.717) is 11.6 Å². The van der Waals surface area contributed by atoms with Gasteiger partial charge in [-0.2, -0.15) is 0 Å². The first-order valence-electron chi connectivity index (χ1n) is 5.07. The lowest BCUT2D eigenvalue weighted by molar-refractivity contribution is 0.0610. The highest BCUT2D eigenvalue weighted by atomic mass is 127. The Balaban J connectivity index is 2.81. The quantitative estimate of drug-likeness (QED) is 0.485. The van der Waals surface area contributed by atoms with Crippen LogP contribution in [-0.2, 0) is 4.74 Å². The van der Waals surface area contributed by atoms with Crippen molar-refractivity contribution < 1.29 is 4.74 Å². The highest BCUT2D eigenvalue weighted by molar-refractivity contribution is 14.1. The molecule has 1 rings (SSSR count). The van der Waals surface area contributed by atoms with Crippen LogP contribution in [0.2, 0.25) is 5.02 Å². The van der Waals surface area contributed by atoms with E-state index in [1.807, 2.05) is 32.0 Å². The van der Waals surface area contributed by atoms with Crippen molar-refractivity contribution >= 4 is 34.2 Å². The second kappa shape index (κ2) is 6.76. The topological polar surface area (TPSA) is 47.3 Å². The molecule has 0 heterocycles. The van der Waals surface area contributed by atoms with Gasteiger partial charge in [0.15, 0.2) is 0 Å². The Hall–Kier alpha value is 0.120. The Morgan fingerprint density at radius 3 is 2.75 bits per heavy atom. The molecule has 0 aromatic heterocycles. The normalized spacial score (nSPS) is 13.1. The van der Waals surface area contributed by atoms with Crippen LogP contribution in [0, 0.1) is 3.57 Å². The van der Waals surface area contributed by atoms with Crippen molar-refractivity contribution in [3.05, 3.63) is 32.4 Å². The maximum Gasteiger partial charge on any atom is 0.0704 e. The van der Waals surface area contributed by atoms with Crippen LogP contribution in [-0.4, -0.2) is 12.7 Å². The molecule has 1 atom stereocenters. The van der Waals surface area contributed by atoms with Crippen LogP contribution in [0.4, 0.5) is 0 Å². The lowest BCUT2D eigenvalue weighted by atomic mass is 10.1. The smallest absolute Gasteiger partial charge is 0.0704 e. The third-order valence-corrected chi connectivity index (χ3v) is 3.35. The molecule has 1 unspecified atom stereocenters. The van der Waals surface area contributed by atoms with E-state index in [4.69, 9.17) is 22.2 Å². The SMILES string of the molecule is CC(C)OCC(NN)c1cc(Cl)ccc1I. The summed E-state index contributed by atoms with van der Waals surface area (Å²) in [4.78, 5) is 0. The van der Waals surface area contributed by atoms with Crippen molar-refractivity contribution in [2.24, 2.45) is 5.84 Å². The van der Waals surface area contributed by atoms with Crippen molar-refractivity contribution in [3.8, 4) is 0 Å². The molecule has 0 spiro atoms. The first kappa shape index (κ1) is 14.2. The molecule has 1 aromatic rings. The molecule has 1 aromatic carbocycles. The van der Waals surface area contributed by atoms with Crippen LogP contribution in [0.3, 0.4) is 0 Å². The highest BCUT2D eigenvalue weighted by Gasteiger charge is 2.14. The number of hydrogen-bond donors (Lipinski definition) is 2. The van der Waals surface area contributed by atoms with Gasteiger partial charge in [0.25, 0.3) is 0 Å². The van der Waals surface area contributed by atoms with E-state index in [9.17, 15) is 0 Å². The average molecular weight is 355 g/mol. The highest BCUT2D eigenvalue weighted by Crippen LogP contribution is 2.24. The zero-order valence-corrected chi connectivity index (χ0v) is 12.2.